The third-order valence-corrected chi connectivity index (χ3v) is 5.82. The van der Waals surface area contributed by atoms with Crippen molar-refractivity contribution in [2.75, 3.05) is 13.2 Å². The van der Waals surface area contributed by atoms with E-state index in [1.54, 1.807) is 18.3 Å². The van der Waals surface area contributed by atoms with Gasteiger partial charge in [-0.25, -0.2) is 9.37 Å². The van der Waals surface area contributed by atoms with Crippen molar-refractivity contribution in [1.29, 1.82) is 0 Å². The van der Waals surface area contributed by atoms with Crippen LogP contribution >= 0.6 is 0 Å². The summed E-state index contributed by atoms with van der Waals surface area (Å²) in [6.45, 7) is 6.43. The van der Waals surface area contributed by atoms with Crippen LogP contribution in [-0.4, -0.2) is 73.8 Å². The fourth-order valence-corrected chi connectivity index (χ4v) is 4.25. The summed E-state index contributed by atoms with van der Waals surface area (Å²) in [5.74, 6) is -0.145. The number of aromatic nitrogens is 3. The molecule has 3 aromatic rings. The van der Waals surface area contributed by atoms with E-state index in [1.807, 2.05) is 20.8 Å². The molecule has 0 amide bonds. The van der Waals surface area contributed by atoms with Crippen molar-refractivity contribution in [3.05, 3.63) is 47.5 Å². The monoisotopic (exact) mass is 442 g/mol. The maximum atomic E-state index is 13.4. The molecule has 1 fully saturated rings. The van der Waals surface area contributed by atoms with Crippen LogP contribution in [0, 0.1) is 12.7 Å². The van der Waals surface area contributed by atoms with Crippen LogP contribution in [0.2, 0.25) is 0 Å². The molecule has 1 N–H and O–H groups in total. The van der Waals surface area contributed by atoms with Crippen LogP contribution < -0.4 is 4.74 Å². The molecular formula is C20H22FN3NaO4S. The van der Waals surface area contributed by atoms with Crippen molar-refractivity contribution >= 4 is 51.4 Å². The quantitative estimate of drug-likeness (QED) is 0.591. The van der Waals surface area contributed by atoms with Gasteiger partial charge in [-0.15, -0.1) is 0 Å². The molecule has 1 aliphatic rings. The Morgan fingerprint density at radius 2 is 2.17 bits per heavy atom. The van der Waals surface area contributed by atoms with Crippen LogP contribution in [0.15, 0.2) is 35.6 Å². The summed E-state index contributed by atoms with van der Waals surface area (Å²) in [5, 5.41) is 0.289. The molecule has 1 aromatic carbocycles. The first-order valence-electron chi connectivity index (χ1n) is 9.23. The first kappa shape index (κ1) is 23.3. The minimum absolute atomic E-state index is 0. The molecule has 30 heavy (non-hydrogen) atoms. The Bertz CT molecular complexity index is 1080. The number of nitrogens with zero attached hydrogens (tertiary/aromatic N) is 2. The van der Waals surface area contributed by atoms with Crippen molar-refractivity contribution in [1.82, 2.24) is 15.0 Å². The average molecular weight is 442 g/mol. The Balaban J connectivity index is 0.00000256. The fraction of sp³-hybridized carbons (Fsp3) is 0.400. The number of aromatic amines is 1. The third-order valence-electron chi connectivity index (χ3n) is 4.66. The summed E-state index contributed by atoms with van der Waals surface area (Å²) in [7, 11) is -1.46. The van der Waals surface area contributed by atoms with Crippen LogP contribution in [0.1, 0.15) is 25.1 Å². The first-order chi connectivity index (χ1) is 13.8. The summed E-state index contributed by atoms with van der Waals surface area (Å²) in [6, 6.07) is 5.97. The molecule has 155 valence electrons. The van der Waals surface area contributed by atoms with Gasteiger partial charge in [-0.2, -0.15) is 0 Å². The molecule has 2 unspecified atom stereocenters. The molecule has 0 bridgehead atoms. The van der Waals surface area contributed by atoms with Gasteiger partial charge in [0.05, 0.1) is 39.9 Å². The van der Waals surface area contributed by atoms with Gasteiger partial charge in [-0.05, 0) is 45.0 Å². The van der Waals surface area contributed by atoms with Crippen LogP contribution in [0.25, 0.3) is 11.0 Å². The molecule has 1 aliphatic heterocycles. The predicted octanol–water partition coefficient (Wildman–Crippen LogP) is 2.86. The Hall–Kier alpha value is -1.36. The zero-order chi connectivity index (χ0) is 20.6. The van der Waals surface area contributed by atoms with Gasteiger partial charge in [0, 0.05) is 41.3 Å². The van der Waals surface area contributed by atoms with E-state index in [2.05, 4.69) is 15.0 Å². The molecule has 7 nitrogen and oxygen atoms in total. The molecular weight excluding hydrogens is 420 g/mol. The second kappa shape index (κ2) is 9.42. The van der Waals surface area contributed by atoms with E-state index in [-0.39, 0.29) is 52.4 Å². The van der Waals surface area contributed by atoms with Gasteiger partial charge in [0.2, 0.25) is 0 Å². The van der Waals surface area contributed by atoms with E-state index in [9.17, 15) is 8.60 Å². The summed E-state index contributed by atoms with van der Waals surface area (Å²) < 4.78 is 43.3. The maximum absolute atomic E-state index is 13.4. The molecule has 0 aliphatic carbocycles. The van der Waals surface area contributed by atoms with E-state index in [4.69, 9.17) is 14.2 Å². The van der Waals surface area contributed by atoms with Gasteiger partial charge in [0.25, 0.3) is 0 Å². The molecule has 3 heterocycles. The van der Waals surface area contributed by atoms with Crippen molar-refractivity contribution < 1.29 is 22.8 Å². The standard InChI is InChI=1S/C20H22FN3O4S.Na/c1-12-17(11-29(25)19-23-15-5-4-13(21)8-16(15)24-19)22-7-6-18(12)26-9-14-10-27-20(2,3)28-14;/h4-8,14H,9-11H2,1-3H3,(H,23,24);. The number of ether oxygens (including phenoxy) is 3. The number of hydrogen-bond acceptors (Lipinski definition) is 6. The van der Waals surface area contributed by atoms with Crippen LogP contribution in [0.5, 0.6) is 5.75 Å². The number of rotatable bonds is 6. The maximum Gasteiger partial charge on any atom is 0.197 e. The van der Waals surface area contributed by atoms with Gasteiger partial charge in [-0.3, -0.25) is 9.19 Å². The van der Waals surface area contributed by atoms with E-state index in [0.29, 0.717) is 35.7 Å². The Kier molecular flexibility index (Phi) is 7.32. The smallest absolute Gasteiger partial charge is 0.197 e. The SMILES string of the molecule is Cc1c(OCC2COC(C)(C)O2)ccnc1CS(=O)c1nc2ccc(F)cc2[nH]1.[Na]. The van der Waals surface area contributed by atoms with Gasteiger partial charge < -0.3 is 19.2 Å². The first-order valence-corrected chi connectivity index (χ1v) is 10.6. The molecule has 2 aromatic heterocycles. The Morgan fingerprint density at radius 1 is 1.37 bits per heavy atom. The normalized spacial score (nSPS) is 18.9. The second-order valence-corrected chi connectivity index (χ2v) is 8.70. The number of benzene rings is 1. The number of nitrogens with one attached hydrogen (secondary N) is 1. The summed E-state index contributed by atoms with van der Waals surface area (Å²) >= 11 is 0. The number of fused-ring (bicyclic) bond motifs is 1. The van der Waals surface area contributed by atoms with Crippen LogP contribution in [0.4, 0.5) is 4.39 Å². The summed E-state index contributed by atoms with van der Waals surface area (Å²) in [4.78, 5) is 11.6. The zero-order valence-electron chi connectivity index (χ0n) is 17.4. The van der Waals surface area contributed by atoms with Gasteiger partial charge in [0.15, 0.2) is 10.9 Å². The van der Waals surface area contributed by atoms with Crippen LogP contribution in [0.3, 0.4) is 0 Å². The van der Waals surface area contributed by atoms with E-state index in [0.717, 1.165) is 5.56 Å². The molecule has 10 heteroatoms. The Labute approximate surface area is 198 Å². The largest absolute Gasteiger partial charge is 0.490 e. The minimum atomic E-state index is -1.46. The Morgan fingerprint density at radius 3 is 2.90 bits per heavy atom. The van der Waals surface area contributed by atoms with Crippen molar-refractivity contribution in [3.8, 4) is 5.75 Å². The summed E-state index contributed by atoms with van der Waals surface area (Å²) in [5.41, 5.74) is 2.53. The predicted molar refractivity (Wildman–Crippen MR) is 111 cm³/mol. The van der Waals surface area contributed by atoms with Crippen molar-refractivity contribution in [2.24, 2.45) is 0 Å². The van der Waals surface area contributed by atoms with Crippen LogP contribution in [-0.2, 0) is 26.0 Å². The third kappa shape index (κ3) is 5.27. The van der Waals surface area contributed by atoms with Gasteiger partial charge in [-0.1, -0.05) is 0 Å². The van der Waals surface area contributed by atoms with E-state index in [1.165, 1.54) is 12.1 Å². The van der Waals surface area contributed by atoms with Gasteiger partial charge in [0.1, 0.15) is 24.3 Å². The number of H-pyrrole nitrogens is 1. The average Bonchev–Trinajstić information content (AvgIpc) is 3.24. The van der Waals surface area contributed by atoms with E-state index >= 15 is 0 Å². The second-order valence-electron chi connectivity index (χ2n) is 7.34. The molecule has 1 radical (unpaired) electrons. The van der Waals surface area contributed by atoms with Crippen molar-refractivity contribution in [3.63, 3.8) is 0 Å². The molecule has 1 saturated heterocycles. The summed E-state index contributed by atoms with van der Waals surface area (Å²) in [6.07, 6.45) is 1.48. The molecule has 4 rings (SSSR count). The van der Waals surface area contributed by atoms with Crippen molar-refractivity contribution in [2.45, 2.75) is 43.6 Å². The van der Waals surface area contributed by atoms with Gasteiger partial charge >= 0.3 is 0 Å². The molecule has 0 saturated carbocycles. The fourth-order valence-electron chi connectivity index (χ4n) is 3.15. The molecule has 2 atom stereocenters. The molecule has 0 spiro atoms. The number of halogens is 1. The number of pyridine rings is 1. The minimum Gasteiger partial charge on any atom is -0.490 e. The topological polar surface area (TPSA) is 86.3 Å². The number of imidazole rings is 1. The van der Waals surface area contributed by atoms with E-state index < -0.39 is 16.6 Å². The zero-order valence-corrected chi connectivity index (χ0v) is 20.2. The number of hydrogen-bond donors (Lipinski definition) is 1.